The molecule has 0 aliphatic rings. The first-order valence-electron chi connectivity index (χ1n) is 2.95. The van der Waals surface area contributed by atoms with Crippen molar-refractivity contribution >= 4 is 0 Å². The Labute approximate surface area is 56.3 Å². The van der Waals surface area contributed by atoms with E-state index in [1.807, 2.05) is 0 Å². The van der Waals surface area contributed by atoms with Gasteiger partial charge in [-0.1, -0.05) is 4.52 Å². The summed E-state index contributed by atoms with van der Waals surface area (Å²) >= 11 is 0. The first-order valence-corrected chi connectivity index (χ1v) is 2.95. The molecule has 0 fully saturated rings. The predicted octanol–water partition coefficient (Wildman–Crippen LogP) is -0.787. The van der Waals surface area contributed by atoms with E-state index in [0.717, 1.165) is 0 Å². The molecular formula is C6H6N3O+. The van der Waals surface area contributed by atoms with Crippen LogP contribution >= 0.6 is 0 Å². The summed E-state index contributed by atoms with van der Waals surface area (Å²) in [6.45, 7) is 0. The SMILES string of the molecule is O=c1cc[nH][n+]2cccn12. The maximum atomic E-state index is 11.0. The number of aromatic nitrogens is 3. The predicted molar refractivity (Wildman–Crippen MR) is 33.7 cm³/mol. The van der Waals surface area contributed by atoms with Gasteiger partial charge in [-0.2, -0.15) is 0 Å². The molecule has 0 unspecified atom stereocenters. The number of H-pyrrole nitrogens is 1. The van der Waals surface area contributed by atoms with Crippen molar-refractivity contribution in [3.8, 4) is 0 Å². The van der Waals surface area contributed by atoms with Crippen molar-refractivity contribution in [1.82, 2.24) is 9.61 Å². The first kappa shape index (κ1) is 5.22. The highest BCUT2D eigenvalue weighted by Crippen LogP contribution is 1.71. The highest BCUT2D eigenvalue weighted by Gasteiger charge is 1.99. The van der Waals surface area contributed by atoms with E-state index in [-0.39, 0.29) is 5.56 Å². The van der Waals surface area contributed by atoms with E-state index >= 15 is 0 Å². The van der Waals surface area contributed by atoms with Gasteiger partial charge in [-0.3, -0.25) is 4.79 Å². The van der Waals surface area contributed by atoms with Crippen LogP contribution in [0.1, 0.15) is 0 Å². The highest BCUT2D eigenvalue weighted by molar-refractivity contribution is 4.80. The van der Waals surface area contributed by atoms with Crippen LogP contribution in [-0.4, -0.2) is 9.61 Å². The van der Waals surface area contributed by atoms with Gasteiger partial charge in [0.1, 0.15) is 0 Å². The number of nitrogens with one attached hydrogen (secondary N) is 1. The molecule has 0 aliphatic heterocycles. The molecule has 50 valence electrons. The van der Waals surface area contributed by atoms with Crippen molar-refractivity contribution in [3.63, 3.8) is 0 Å². The summed E-state index contributed by atoms with van der Waals surface area (Å²) in [4.78, 5) is 11.0. The van der Waals surface area contributed by atoms with Crippen molar-refractivity contribution in [2.24, 2.45) is 0 Å². The zero-order valence-electron chi connectivity index (χ0n) is 5.19. The molecule has 2 aromatic rings. The van der Waals surface area contributed by atoms with Gasteiger partial charge in [0.2, 0.25) is 6.20 Å². The lowest BCUT2D eigenvalue weighted by Gasteiger charge is -1.80. The lowest BCUT2D eigenvalue weighted by molar-refractivity contribution is -0.680. The second-order valence-corrected chi connectivity index (χ2v) is 1.98. The average Bonchev–Trinajstić information content (AvgIpc) is 2.36. The summed E-state index contributed by atoms with van der Waals surface area (Å²) in [5.74, 6) is 0. The van der Waals surface area contributed by atoms with Crippen molar-refractivity contribution in [2.75, 3.05) is 0 Å². The third kappa shape index (κ3) is 0.556. The highest BCUT2D eigenvalue weighted by atomic mass is 16.1. The first-order chi connectivity index (χ1) is 4.88. The summed E-state index contributed by atoms with van der Waals surface area (Å²) in [6, 6.07) is 3.26. The Hall–Kier alpha value is -1.58. The van der Waals surface area contributed by atoms with Crippen molar-refractivity contribution in [1.29, 1.82) is 0 Å². The van der Waals surface area contributed by atoms with Crippen LogP contribution in [-0.2, 0) is 0 Å². The number of nitrogens with zero attached hydrogens (tertiary/aromatic N) is 2. The summed E-state index contributed by atoms with van der Waals surface area (Å²) in [5.41, 5.74) is -0.0382. The molecule has 1 N–H and O–H groups in total. The number of aromatic amines is 1. The van der Waals surface area contributed by atoms with Crippen LogP contribution in [0.3, 0.4) is 0 Å². The second-order valence-electron chi connectivity index (χ2n) is 1.98. The fraction of sp³-hybridized carbons (Fsp3) is 0. The van der Waals surface area contributed by atoms with Gasteiger partial charge in [-0.25, -0.2) is 0 Å². The van der Waals surface area contributed by atoms with E-state index in [9.17, 15) is 4.79 Å². The zero-order valence-corrected chi connectivity index (χ0v) is 5.19. The van der Waals surface area contributed by atoms with E-state index in [1.54, 1.807) is 29.3 Å². The number of hydrogen-bond acceptors (Lipinski definition) is 1. The van der Waals surface area contributed by atoms with E-state index < -0.39 is 0 Å². The molecule has 2 aromatic heterocycles. The van der Waals surface area contributed by atoms with Crippen molar-refractivity contribution in [2.45, 2.75) is 0 Å². The van der Waals surface area contributed by atoms with Gasteiger partial charge in [0.25, 0.3) is 0 Å². The standard InChI is InChI=1S/C6H5N3O/c10-6-2-3-7-9-5-1-4-8(6)9/h1-5H/p+1. The van der Waals surface area contributed by atoms with E-state index in [4.69, 9.17) is 0 Å². The molecular weight excluding hydrogens is 130 g/mol. The molecule has 4 heteroatoms. The monoisotopic (exact) mass is 136 g/mol. The minimum absolute atomic E-state index is 0.0382. The lowest BCUT2D eigenvalue weighted by atomic mass is 10.7. The Bertz CT molecular complexity index is 400. The van der Waals surface area contributed by atoms with Gasteiger partial charge in [-0.05, 0) is 0 Å². The second kappa shape index (κ2) is 1.70. The van der Waals surface area contributed by atoms with E-state index in [1.165, 1.54) is 10.6 Å². The Morgan fingerprint density at radius 1 is 1.60 bits per heavy atom. The molecule has 0 radical (unpaired) electrons. The molecule has 0 atom stereocenters. The molecule has 0 aliphatic carbocycles. The van der Waals surface area contributed by atoms with Gasteiger partial charge >= 0.3 is 5.56 Å². The van der Waals surface area contributed by atoms with Crippen LogP contribution in [0.4, 0.5) is 0 Å². The third-order valence-corrected chi connectivity index (χ3v) is 1.35. The third-order valence-electron chi connectivity index (χ3n) is 1.35. The summed E-state index contributed by atoms with van der Waals surface area (Å²) in [6.07, 6.45) is 5.06. The molecule has 0 bridgehead atoms. The fourth-order valence-corrected chi connectivity index (χ4v) is 0.891. The minimum Gasteiger partial charge on any atom is -0.263 e. The molecule has 0 spiro atoms. The summed E-state index contributed by atoms with van der Waals surface area (Å²) in [5, 5.41) is 2.85. The summed E-state index contributed by atoms with van der Waals surface area (Å²) in [7, 11) is 0. The van der Waals surface area contributed by atoms with Gasteiger partial charge in [0.15, 0.2) is 0 Å². The molecule has 0 saturated heterocycles. The van der Waals surface area contributed by atoms with Crippen LogP contribution < -0.4 is 10.2 Å². The van der Waals surface area contributed by atoms with Gasteiger partial charge in [0, 0.05) is 16.8 Å². The van der Waals surface area contributed by atoms with Crippen LogP contribution in [0, 0.1) is 0 Å². The number of hydrogen-bond donors (Lipinski definition) is 1. The Morgan fingerprint density at radius 2 is 2.50 bits per heavy atom. The molecule has 10 heavy (non-hydrogen) atoms. The summed E-state index contributed by atoms with van der Waals surface area (Å²) < 4.78 is 3.07. The average molecular weight is 136 g/mol. The molecule has 0 saturated carbocycles. The molecule has 2 rings (SSSR count). The normalized spacial score (nSPS) is 10.4. The maximum Gasteiger partial charge on any atom is 0.310 e. The largest absolute Gasteiger partial charge is 0.310 e. The van der Waals surface area contributed by atoms with Crippen LogP contribution in [0.15, 0.2) is 35.5 Å². The topological polar surface area (TPSA) is 41.4 Å². The molecule has 4 nitrogen and oxygen atoms in total. The van der Waals surface area contributed by atoms with Gasteiger partial charge in [0.05, 0.1) is 12.4 Å². The Kier molecular flexibility index (Phi) is 0.887. The van der Waals surface area contributed by atoms with Crippen molar-refractivity contribution < 1.29 is 4.63 Å². The van der Waals surface area contributed by atoms with Crippen LogP contribution in [0.2, 0.25) is 0 Å². The van der Waals surface area contributed by atoms with Gasteiger partial charge < -0.3 is 0 Å². The Balaban J connectivity index is 3.09. The van der Waals surface area contributed by atoms with Gasteiger partial charge in [-0.15, -0.1) is 5.10 Å². The number of rotatable bonds is 0. The number of fused-ring (bicyclic) bond motifs is 1. The van der Waals surface area contributed by atoms with Crippen LogP contribution in [0.25, 0.3) is 0 Å². The van der Waals surface area contributed by atoms with Crippen LogP contribution in [0.5, 0.6) is 0 Å². The van der Waals surface area contributed by atoms with E-state index in [2.05, 4.69) is 5.10 Å². The maximum absolute atomic E-state index is 11.0. The zero-order chi connectivity index (χ0) is 6.97. The smallest absolute Gasteiger partial charge is 0.263 e. The fourth-order valence-electron chi connectivity index (χ4n) is 0.891. The quantitative estimate of drug-likeness (QED) is 0.474. The molecule has 0 amide bonds. The van der Waals surface area contributed by atoms with Crippen molar-refractivity contribution in [3.05, 3.63) is 41.1 Å². The van der Waals surface area contributed by atoms with E-state index in [0.29, 0.717) is 0 Å². The molecule has 0 aromatic carbocycles. The minimum atomic E-state index is -0.0382. The lowest BCUT2D eigenvalue weighted by Crippen LogP contribution is -2.38. The Morgan fingerprint density at radius 3 is 3.30 bits per heavy atom. The molecule has 2 heterocycles.